The van der Waals surface area contributed by atoms with Crippen LogP contribution in [-0.4, -0.2) is 11.9 Å². The topological polar surface area (TPSA) is 70.2 Å². The van der Waals surface area contributed by atoms with Crippen molar-refractivity contribution in [3.63, 3.8) is 0 Å². The number of carbonyl (C=O) groups excluding carboxylic acids is 2. The summed E-state index contributed by atoms with van der Waals surface area (Å²) in [6.07, 6.45) is 0. The third kappa shape index (κ3) is 4.04. The van der Waals surface area contributed by atoms with E-state index in [1.54, 1.807) is 19.1 Å². The fourth-order valence-electron chi connectivity index (χ4n) is 2.74. The van der Waals surface area contributed by atoms with Crippen LogP contribution in [0.1, 0.15) is 18.5 Å². The third-order valence-corrected chi connectivity index (χ3v) is 4.53. The van der Waals surface area contributed by atoms with Crippen molar-refractivity contribution < 1.29 is 18.4 Å². The second kappa shape index (κ2) is 7.54. The van der Waals surface area contributed by atoms with Crippen LogP contribution < -0.4 is 16.0 Å². The van der Waals surface area contributed by atoms with Crippen molar-refractivity contribution in [3.05, 3.63) is 74.9 Å². The molecular weight excluding hydrogens is 399 g/mol. The number of benzene rings is 2. The SMILES string of the molecule is CC1=C(C(=O)Nc2ccc(F)c(F)c2)C(c2ccc(Cl)cc2Cl)NC(=O)N1. The van der Waals surface area contributed by atoms with E-state index < -0.39 is 29.6 Å². The van der Waals surface area contributed by atoms with E-state index in [4.69, 9.17) is 23.2 Å². The Kier molecular flexibility index (Phi) is 5.34. The summed E-state index contributed by atoms with van der Waals surface area (Å²) in [5.74, 6) is -2.73. The third-order valence-electron chi connectivity index (χ3n) is 3.96. The summed E-state index contributed by atoms with van der Waals surface area (Å²) < 4.78 is 26.5. The molecule has 0 aromatic heterocycles. The summed E-state index contributed by atoms with van der Waals surface area (Å²) in [7, 11) is 0. The highest BCUT2D eigenvalue weighted by atomic mass is 35.5. The van der Waals surface area contributed by atoms with Crippen LogP contribution in [0, 0.1) is 11.6 Å². The molecule has 0 fully saturated rings. The number of carbonyl (C=O) groups is 2. The second-order valence-electron chi connectivity index (χ2n) is 5.82. The predicted octanol–water partition coefficient (Wildman–Crippen LogP) is 4.54. The van der Waals surface area contributed by atoms with Gasteiger partial charge in [0, 0.05) is 27.5 Å². The summed E-state index contributed by atoms with van der Waals surface area (Å²) >= 11 is 12.1. The van der Waals surface area contributed by atoms with Crippen molar-refractivity contribution in [3.8, 4) is 0 Å². The zero-order valence-corrected chi connectivity index (χ0v) is 15.4. The average molecular weight is 412 g/mol. The molecule has 2 aromatic rings. The van der Waals surface area contributed by atoms with Gasteiger partial charge in [0.25, 0.3) is 5.91 Å². The molecule has 0 radical (unpaired) electrons. The van der Waals surface area contributed by atoms with Crippen molar-refractivity contribution in [2.75, 3.05) is 5.32 Å². The van der Waals surface area contributed by atoms with Gasteiger partial charge < -0.3 is 16.0 Å². The van der Waals surface area contributed by atoms with Gasteiger partial charge in [0.1, 0.15) is 0 Å². The van der Waals surface area contributed by atoms with Crippen molar-refractivity contribution >= 4 is 40.8 Å². The van der Waals surface area contributed by atoms with E-state index in [2.05, 4.69) is 16.0 Å². The number of nitrogens with one attached hydrogen (secondary N) is 3. The summed E-state index contributed by atoms with van der Waals surface area (Å²) in [4.78, 5) is 24.7. The molecule has 1 heterocycles. The van der Waals surface area contributed by atoms with E-state index in [0.29, 0.717) is 16.3 Å². The van der Waals surface area contributed by atoms with Gasteiger partial charge in [0.2, 0.25) is 0 Å². The molecule has 27 heavy (non-hydrogen) atoms. The lowest BCUT2D eigenvalue weighted by Crippen LogP contribution is -2.46. The van der Waals surface area contributed by atoms with Gasteiger partial charge >= 0.3 is 6.03 Å². The molecular formula is C18H13Cl2F2N3O2. The highest BCUT2D eigenvalue weighted by Gasteiger charge is 2.32. The Bertz CT molecular complexity index is 979. The molecule has 5 nitrogen and oxygen atoms in total. The van der Waals surface area contributed by atoms with Crippen LogP contribution in [-0.2, 0) is 4.79 Å². The molecule has 140 valence electrons. The smallest absolute Gasteiger partial charge is 0.319 e. The Morgan fingerprint density at radius 1 is 1.11 bits per heavy atom. The lowest BCUT2D eigenvalue weighted by atomic mass is 9.94. The maximum absolute atomic E-state index is 13.4. The average Bonchev–Trinajstić information content (AvgIpc) is 2.57. The van der Waals surface area contributed by atoms with Gasteiger partial charge in [0.05, 0.1) is 11.6 Å². The Labute approximate surface area is 163 Å². The first-order valence-electron chi connectivity index (χ1n) is 7.76. The van der Waals surface area contributed by atoms with Crippen molar-refractivity contribution in [2.24, 2.45) is 0 Å². The number of rotatable bonds is 3. The van der Waals surface area contributed by atoms with Crippen LogP contribution in [0.2, 0.25) is 10.0 Å². The fraction of sp³-hybridized carbons (Fsp3) is 0.111. The Morgan fingerprint density at radius 2 is 1.85 bits per heavy atom. The first-order valence-corrected chi connectivity index (χ1v) is 8.51. The Morgan fingerprint density at radius 3 is 2.52 bits per heavy atom. The quantitative estimate of drug-likeness (QED) is 0.693. The Balaban J connectivity index is 1.98. The van der Waals surface area contributed by atoms with Crippen molar-refractivity contribution in [1.29, 1.82) is 0 Å². The molecule has 0 aliphatic carbocycles. The van der Waals surface area contributed by atoms with Crippen LogP contribution in [0.4, 0.5) is 19.3 Å². The number of urea groups is 1. The molecule has 2 aromatic carbocycles. The summed E-state index contributed by atoms with van der Waals surface area (Å²) in [5.41, 5.74) is 1.00. The van der Waals surface area contributed by atoms with E-state index >= 15 is 0 Å². The first kappa shape index (κ1) is 19.1. The number of hydrogen-bond acceptors (Lipinski definition) is 2. The standard InChI is InChI=1S/C18H13Cl2F2N3O2/c1-8-15(17(26)24-10-3-5-13(21)14(22)7-10)16(25-18(27)23-8)11-4-2-9(19)6-12(11)20/h2-7,16H,1H3,(H,24,26)(H2,23,25,27). The van der Waals surface area contributed by atoms with Crippen LogP contribution in [0.25, 0.3) is 0 Å². The van der Waals surface area contributed by atoms with E-state index in [0.717, 1.165) is 12.1 Å². The predicted molar refractivity (Wildman–Crippen MR) is 98.6 cm³/mol. The molecule has 0 spiro atoms. The minimum absolute atomic E-state index is 0.0667. The second-order valence-corrected chi connectivity index (χ2v) is 6.66. The van der Waals surface area contributed by atoms with Gasteiger partial charge in [-0.25, -0.2) is 13.6 Å². The maximum atomic E-state index is 13.4. The monoisotopic (exact) mass is 411 g/mol. The lowest BCUT2D eigenvalue weighted by Gasteiger charge is -2.29. The molecule has 0 saturated carbocycles. The highest BCUT2D eigenvalue weighted by Crippen LogP contribution is 2.33. The van der Waals surface area contributed by atoms with E-state index in [1.165, 1.54) is 12.1 Å². The number of amides is 3. The van der Waals surface area contributed by atoms with Crippen molar-refractivity contribution in [1.82, 2.24) is 10.6 Å². The van der Waals surface area contributed by atoms with Crippen LogP contribution in [0.15, 0.2) is 47.7 Å². The minimum Gasteiger partial charge on any atom is -0.327 e. The van der Waals surface area contributed by atoms with Crippen molar-refractivity contribution in [2.45, 2.75) is 13.0 Å². The first-order chi connectivity index (χ1) is 12.8. The largest absolute Gasteiger partial charge is 0.327 e. The molecule has 0 bridgehead atoms. The van der Waals surface area contributed by atoms with Gasteiger partial charge in [-0.15, -0.1) is 0 Å². The summed E-state index contributed by atoms with van der Waals surface area (Å²) in [6, 6.07) is 6.30. The zero-order chi connectivity index (χ0) is 19.7. The molecule has 3 N–H and O–H groups in total. The van der Waals surface area contributed by atoms with E-state index in [-0.39, 0.29) is 16.3 Å². The molecule has 1 aliphatic heterocycles. The van der Waals surface area contributed by atoms with Crippen LogP contribution in [0.3, 0.4) is 0 Å². The molecule has 1 unspecified atom stereocenters. The zero-order valence-electron chi connectivity index (χ0n) is 13.9. The van der Waals surface area contributed by atoms with Gasteiger partial charge in [-0.3, -0.25) is 4.79 Å². The summed E-state index contributed by atoms with van der Waals surface area (Å²) in [5, 5.41) is 8.30. The molecule has 1 aliphatic rings. The Hall–Kier alpha value is -2.64. The normalized spacial score (nSPS) is 16.6. The summed E-state index contributed by atoms with van der Waals surface area (Å²) in [6.45, 7) is 1.55. The van der Waals surface area contributed by atoms with Gasteiger partial charge in [0.15, 0.2) is 11.6 Å². The number of hydrogen-bond donors (Lipinski definition) is 3. The molecule has 3 amide bonds. The fourth-order valence-corrected chi connectivity index (χ4v) is 3.25. The highest BCUT2D eigenvalue weighted by molar-refractivity contribution is 6.35. The number of anilines is 1. The van der Waals surface area contributed by atoms with Crippen LogP contribution in [0.5, 0.6) is 0 Å². The van der Waals surface area contributed by atoms with Gasteiger partial charge in [-0.05, 0) is 36.8 Å². The number of allylic oxidation sites excluding steroid dienone is 1. The van der Waals surface area contributed by atoms with Gasteiger partial charge in [-0.1, -0.05) is 29.3 Å². The molecule has 0 saturated heterocycles. The minimum atomic E-state index is -1.09. The lowest BCUT2D eigenvalue weighted by molar-refractivity contribution is -0.113. The molecule has 3 rings (SSSR count). The molecule has 9 heteroatoms. The van der Waals surface area contributed by atoms with Crippen LogP contribution >= 0.6 is 23.2 Å². The van der Waals surface area contributed by atoms with E-state index in [1.807, 2.05) is 0 Å². The number of halogens is 4. The van der Waals surface area contributed by atoms with Gasteiger partial charge in [-0.2, -0.15) is 0 Å². The van der Waals surface area contributed by atoms with E-state index in [9.17, 15) is 18.4 Å². The maximum Gasteiger partial charge on any atom is 0.319 e. The molecule has 1 atom stereocenters.